The molecule has 0 atom stereocenters. The van der Waals surface area contributed by atoms with Gasteiger partial charge in [-0.2, -0.15) is 5.26 Å². The van der Waals surface area contributed by atoms with Crippen LogP contribution in [0.1, 0.15) is 5.56 Å². The van der Waals surface area contributed by atoms with Gasteiger partial charge in [-0.1, -0.05) is 113 Å². The Kier molecular flexibility index (Phi) is 5.80. The molecule has 1 aromatic heterocycles. The van der Waals surface area contributed by atoms with Crippen molar-refractivity contribution in [2.24, 2.45) is 0 Å². The monoisotopic (exact) mass is 487 g/mol. The second kappa shape index (κ2) is 9.20. The first-order valence-electron chi connectivity index (χ1n) is 10.5. The van der Waals surface area contributed by atoms with Crippen molar-refractivity contribution in [1.29, 1.82) is 5.26 Å². The summed E-state index contributed by atoms with van der Waals surface area (Å²) in [6.07, 6.45) is 0. The molecule has 0 amide bonds. The van der Waals surface area contributed by atoms with Crippen LogP contribution >= 0.6 is 15.9 Å². The molecule has 0 saturated heterocycles. The van der Waals surface area contributed by atoms with E-state index in [4.69, 9.17) is 9.97 Å². The average Bonchev–Trinajstić information content (AvgIpc) is 2.89. The fraction of sp³-hybridized carbons (Fsp3) is 0. The Bertz CT molecular complexity index is 1440. The molecule has 0 N–H and O–H groups in total. The van der Waals surface area contributed by atoms with Gasteiger partial charge < -0.3 is 0 Å². The van der Waals surface area contributed by atoms with Gasteiger partial charge in [0.2, 0.25) is 0 Å². The fourth-order valence-corrected chi connectivity index (χ4v) is 4.02. The predicted molar refractivity (Wildman–Crippen MR) is 136 cm³/mol. The Morgan fingerprint density at radius 3 is 1.48 bits per heavy atom. The summed E-state index contributed by atoms with van der Waals surface area (Å²) in [7, 11) is 0. The number of nitriles is 1. The summed E-state index contributed by atoms with van der Waals surface area (Å²) in [6, 6.07) is 38.4. The molecule has 4 heteroatoms. The van der Waals surface area contributed by atoms with Crippen LogP contribution in [-0.4, -0.2) is 9.97 Å². The maximum absolute atomic E-state index is 10.1. The SMILES string of the molecule is N#Cc1c(-c2ccccc2)nc(-c2ccc(Br)cc2)nc1-c1ccc(-c2ccccc2)cc1. The lowest BCUT2D eigenvalue weighted by Crippen LogP contribution is -2.01. The minimum Gasteiger partial charge on any atom is -0.227 e. The van der Waals surface area contributed by atoms with Crippen molar-refractivity contribution in [3.63, 3.8) is 0 Å². The van der Waals surface area contributed by atoms with Gasteiger partial charge in [0.25, 0.3) is 0 Å². The van der Waals surface area contributed by atoms with Crippen LogP contribution in [0.5, 0.6) is 0 Å². The summed E-state index contributed by atoms with van der Waals surface area (Å²) in [5.41, 5.74) is 6.64. The van der Waals surface area contributed by atoms with E-state index < -0.39 is 0 Å². The Balaban J connectivity index is 1.69. The molecule has 0 unspecified atom stereocenters. The Morgan fingerprint density at radius 1 is 0.515 bits per heavy atom. The van der Waals surface area contributed by atoms with Crippen molar-refractivity contribution in [1.82, 2.24) is 9.97 Å². The second-order valence-corrected chi connectivity index (χ2v) is 8.46. The van der Waals surface area contributed by atoms with Crippen LogP contribution in [0.25, 0.3) is 45.0 Å². The first-order chi connectivity index (χ1) is 16.2. The zero-order valence-corrected chi connectivity index (χ0v) is 19.2. The molecule has 156 valence electrons. The molecule has 5 rings (SSSR count). The molecule has 0 saturated carbocycles. The van der Waals surface area contributed by atoms with Crippen molar-refractivity contribution in [2.45, 2.75) is 0 Å². The number of halogens is 1. The summed E-state index contributed by atoms with van der Waals surface area (Å²) >= 11 is 3.49. The Labute approximate surface area is 201 Å². The number of rotatable bonds is 4. The van der Waals surface area contributed by atoms with Gasteiger partial charge in [-0.15, -0.1) is 0 Å². The van der Waals surface area contributed by atoms with Gasteiger partial charge >= 0.3 is 0 Å². The van der Waals surface area contributed by atoms with E-state index >= 15 is 0 Å². The first kappa shape index (κ1) is 20.8. The van der Waals surface area contributed by atoms with Crippen LogP contribution in [0.3, 0.4) is 0 Å². The van der Waals surface area contributed by atoms with Crippen LogP contribution in [-0.2, 0) is 0 Å². The molecule has 0 spiro atoms. The molecule has 0 radical (unpaired) electrons. The van der Waals surface area contributed by atoms with Gasteiger partial charge in [0.1, 0.15) is 11.6 Å². The number of nitrogens with zero attached hydrogens (tertiary/aromatic N) is 3. The third-order valence-electron chi connectivity index (χ3n) is 5.44. The molecule has 5 aromatic rings. The normalized spacial score (nSPS) is 10.5. The number of benzene rings is 4. The zero-order chi connectivity index (χ0) is 22.6. The third-order valence-corrected chi connectivity index (χ3v) is 5.96. The predicted octanol–water partition coefficient (Wildman–Crippen LogP) is 7.78. The van der Waals surface area contributed by atoms with E-state index in [0.717, 1.165) is 32.3 Å². The smallest absolute Gasteiger partial charge is 0.160 e. The minimum atomic E-state index is 0.467. The van der Waals surface area contributed by atoms with Crippen LogP contribution < -0.4 is 0 Å². The van der Waals surface area contributed by atoms with Crippen LogP contribution in [0, 0.1) is 11.3 Å². The average molecular weight is 488 g/mol. The number of hydrogen-bond acceptors (Lipinski definition) is 3. The molecule has 0 bridgehead atoms. The van der Waals surface area contributed by atoms with Gasteiger partial charge in [-0.05, 0) is 23.3 Å². The van der Waals surface area contributed by atoms with E-state index in [1.807, 2.05) is 84.9 Å². The van der Waals surface area contributed by atoms with Gasteiger partial charge in [-0.25, -0.2) is 9.97 Å². The maximum Gasteiger partial charge on any atom is 0.160 e. The van der Waals surface area contributed by atoms with Gasteiger partial charge in [0.05, 0.1) is 11.4 Å². The summed E-state index contributed by atoms with van der Waals surface area (Å²) in [6.45, 7) is 0. The molecule has 0 aliphatic carbocycles. The van der Waals surface area contributed by atoms with E-state index in [1.165, 1.54) is 0 Å². The summed E-state index contributed by atoms with van der Waals surface area (Å²) in [4.78, 5) is 9.67. The molecular formula is C29H18BrN3. The van der Waals surface area contributed by atoms with Gasteiger partial charge in [-0.3, -0.25) is 0 Å². The lowest BCUT2D eigenvalue weighted by molar-refractivity contribution is 1.17. The zero-order valence-electron chi connectivity index (χ0n) is 17.6. The molecule has 3 nitrogen and oxygen atoms in total. The third kappa shape index (κ3) is 4.32. The maximum atomic E-state index is 10.1. The second-order valence-electron chi connectivity index (χ2n) is 7.55. The summed E-state index contributed by atoms with van der Waals surface area (Å²) < 4.78 is 0.986. The lowest BCUT2D eigenvalue weighted by atomic mass is 9.98. The van der Waals surface area contributed by atoms with Crippen molar-refractivity contribution >= 4 is 15.9 Å². The molecular weight excluding hydrogens is 470 g/mol. The Morgan fingerprint density at radius 2 is 0.939 bits per heavy atom. The highest BCUT2D eigenvalue weighted by molar-refractivity contribution is 9.10. The number of hydrogen-bond donors (Lipinski definition) is 0. The van der Waals surface area contributed by atoms with E-state index in [1.54, 1.807) is 0 Å². The van der Waals surface area contributed by atoms with E-state index in [-0.39, 0.29) is 0 Å². The van der Waals surface area contributed by atoms with Gasteiger partial charge in [0, 0.05) is 21.2 Å². The molecule has 0 aliphatic rings. The van der Waals surface area contributed by atoms with Crippen molar-refractivity contribution in [3.8, 4) is 51.1 Å². The van der Waals surface area contributed by atoms with Gasteiger partial charge in [0.15, 0.2) is 5.82 Å². The summed E-state index contributed by atoms with van der Waals surface area (Å²) in [5, 5.41) is 10.1. The molecule has 33 heavy (non-hydrogen) atoms. The molecule has 0 fully saturated rings. The summed E-state index contributed by atoms with van der Waals surface area (Å²) in [5.74, 6) is 0.586. The van der Waals surface area contributed by atoms with Crippen LogP contribution in [0.4, 0.5) is 0 Å². The van der Waals surface area contributed by atoms with Crippen LogP contribution in [0.15, 0.2) is 114 Å². The van der Waals surface area contributed by atoms with E-state index in [0.29, 0.717) is 22.8 Å². The quantitative estimate of drug-likeness (QED) is 0.260. The van der Waals surface area contributed by atoms with E-state index in [2.05, 4.69) is 46.3 Å². The van der Waals surface area contributed by atoms with Crippen molar-refractivity contribution < 1.29 is 0 Å². The number of aromatic nitrogens is 2. The lowest BCUT2D eigenvalue weighted by Gasteiger charge is -2.13. The largest absolute Gasteiger partial charge is 0.227 e. The molecule has 1 heterocycles. The topological polar surface area (TPSA) is 49.6 Å². The van der Waals surface area contributed by atoms with E-state index in [9.17, 15) is 5.26 Å². The Hall–Kier alpha value is -4.07. The highest BCUT2D eigenvalue weighted by Crippen LogP contribution is 2.33. The fourth-order valence-electron chi connectivity index (χ4n) is 3.76. The standard InChI is InChI=1S/C29H18BrN3/c30-25-17-15-24(16-18-25)29-32-27(22-9-5-2-6-10-22)26(19-31)28(33-29)23-13-11-21(12-14-23)20-7-3-1-4-8-20/h1-18H. The van der Waals surface area contributed by atoms with Crippen molar-refractivity contribution in [2.75, 3.05) is 0 Å². The van der Waals surface area contributed by atoms with Crippen molar-refractivity contribution in [3.05, 3.63) is 119 Å². The molecule has 4 aromatic carbocycles. The first-order valence-corrected chi connectivity index (χ1v) is 11.3. The molecule has 0 aliphatic heterocycles. The van der Waals surface area contributed by atoms with Crippen LogP contribution in [0.2, 0.25) is 0 Å². The highest BCUT2D eigenvalue weighted by Gasteiger charge is 2.18. The minimum absolute atomic E-state index is 0.467. The highest BCUT2D eigenvalue weighted by atomic mass is 79.9.